The number of halogens is 3. The normalized spacial score (nSPS) is 11.6. The second kappa shape index (κ2) is 7.29. The highest BCUT2D eigenvalue weighted by atomic mass is 19.4. The van der Waals surface area contributed by atoms with Gasteiger partial charge in [0.25, 0.3) is 5.91 Å². The lowest BCUT2D eigenvalue weighted by Gasteiger charge is -2.13. The summed E-state index contributed by atoms with van der Waals surface area (Å²) in [5.41, 5.74) is 1.70. The molecule has 0 aliphatic carbocycles. The summed E-state index contributed by atoms with van der Waals surface area (Å²) in [4.78, 5) is 17.2. The fourth-order valence-corrected chi connectivity index (χ4v) is 3.27. The first kappa shape index (κ1) is 19.6. The fourth-order valence-electron chi connectivity index (χ4n) is 3.27. The van der Waals surface area contributed by atoms with Crippen LogP contribution >= 0.6 is 0 Å². The van der Waals surface area contributed by atoms with Gasteiger partial charge in [0.05, 0.1) is 11.9 Å². The van der Waals surface area contributed by atoms with Crippen molar-refractivity contribution in [1.82, 2.24) is 14.6 Å². The summed E-state index contributed by atoms with van der Waals surface area (Å²) in [5, 5.41) is 6.58. The lowest BCUT2D eigenvalue weighted by Crippen LogP contribution is -2.16. The maximum absolute atomic E-state index is 13.7. The molecule has 0 saturated carbocycles. The molecule has 2 aromatic heterocycles. The highest BCUT2D eigenvalue weighted by molar-refractivity contribution is 6.08. The molecule has 1 amide bonds. The van der Waals surface area contributed by atoms with Gasteiger partial charge in [0.15, 0.2) is 11.3 Å². The number of carbonyl (C=O) groups is 1. The highest BCUT2D eigenvalue weighted by Crippen LogP contribution is 2.33. The smallest absolute Gasteiger partial charge is 0.321 e. The number of aromatic nitrogens is 3. The number of aryl methyl sites for hydroxylation is 2. The molecule has 0 fully saturated rings. The molecule has 152 valence electrons. The van der Waals surface area contributed by atoms with Crippen LogP contribution in [0.3, 0.4) is 0 Å². The zero-order valence-electron chi connectivity index (χ0n) is 16.2. The largest absolute Gasteiger partial charge is 0.433 e. The van der Waals surface area contributed by atoms with Gasteiger partial charge in [-0.15, -0.1) is 0 Å². The summed E-state index contributed by atoms with van der Waals surface area (Å²) < 4.78 is 41.7. The van der Waals surface area contributed by atoms with Gasteiger partial charge in [0.2, 0.25) is 0 Å². The molecule has 4 rings (SSSR count). The van der Waals surface area contributed by atoms with Crippen molar-refractivity contribution in [2.24, 2.45) is 0 Å². The van der Waals surface area contributed by atoms with Crippen LogP contribution < -0.4 is 5.32 Å². The monoisotopic (exact) mass is 410 g/mol. The Balaban J connectivity index is 1.86. The van der Waals surface area contributed by atoms with Crippen molar-refractivity contribution in [1.29, 1.82) is 0 Å². The van der Waals surface area contributed by atoms with Gasteiger partial charge in [-0.05, 0) is 31.0 Å². The minimum atomic E-state index is -4.67. The zero-order valence-corrected chi connectivity index (χ0v) is 16.2. The number of anilines is 1. The Labute approximate surface area is 170 Å². The molecule has 2 aromatic carbocycles. The van der Waals surface area contributed by atoms with E-state index < -0.39 is 17.8 Å². The van der Waals surface area contributed by atoms with Crippen LogP contribution in [0.5, 0.6) is 0 Å². The number of nitrogens with one attached hydrogen (secondary N) is 1. The average molecular weight is 410 g/mol. The lowest BCUT2D eigenvalue weighted by atomic mass is 10.1. The Morgan fingerprint density at radius 1 is 1.00 bits per heavy atom. The van der Waals surface area contributed by atoms with E-state index in [-0.39, 0.29) is 16.9 Å². The first-order valence-electron chi connectivity index (χ1n) is 9.14. The van der Waals surface area contributed by atoms with Gasteiger partial charge in [-0.3, -0.25) is 4.79 Å². The van der Waals surface area contributed by atoms with Crippen molar-refractivity contribution in [3.8, 4) is 11.3 Å². The topological polar surface area (TPSA) is 59.3 Å². The maximum Gasteiger partial charge on any atom is 0.433 e. The minimum absolute atomic E-state index is 0.0408. The number of fused-ring (bicyclic) bond motifs is 1. The molecule has 8 heteroatoms. The number of para-hydroxylation sites is 1. The van der Waals surface area contributed by atoms with Crippen molar-refractivity contribution in [3.05, 3.63) is 83.2 Å². The van der Waals surface area contributed by atoms with Crippen LogP contribution in [0, 0.1) is 13.8 Å². The molecule has 2 heterocycles. The van der Waals surface area contributed by atoms with Gasteiger partial charge in [-0.1, -0.05) is 48.5 Å². The van der Waals surface area contributed by atoms with E-state index in [4.69, 9.17) is 0 Å². The molecule has 0 atom stereocenters. The highest BCUT2D eigenvalue weighted by Gasteiger charge is 2.36. The summed E-state index contributed by atoms with van der Waals surface area (Å²) in [6.45, 7) is 3.68. The second-order valence-corrected chi connectivity index (χ2v) is 6.90. The Kier molecular flexibility index (Phi) is 4.77. The first-order chi connectivity index (χ1) is 14.3. The van der Waals surface area contributed by atoms with Gasteiger partial charge < -0.3 is 5.32 Å². The summed E-state index contributed by atoms with van der Waals surface area (Å²) in [6, 6.07) is 15.0. The maximum atomic E-state index is 13.7. The number of rotatable bonds is 3. The molecule has 30 heavy (non-hydrogen) atoms. The van der Waals surface area contributed by atoms with E-state index in [1.807, 2.05) is 32.0 Å². The molecule has 0 aliphatic heterocycles. The average Bonchev–Trinajstić information content (AvgIpc) is 3.14. The van der Waals surface area contributed by atoms with Gasteiger partial charge in [0.1, 0.15) is 5.56 Å². The molecule has 0 radical (unpaired) electrons. The first-order valence-corrected chi connectivity index (χ1v) is 9.14. The fraction of sp³-hybridized carbons (Fsp3) is 0.136. The van der Waals surface area contributed by atoms with Crippen LogP contribution in [-0.4, -0.2) is 20.5 Å². The standard InChI is InChI=1S/C22H17F3N4O/c1-13-7-6-8-14(2)19(13)28-21(30)16-12-26-29-18(22(23,24)25)11-17(27-20(16)29)15-9-4-3-5-10-15/h3-12H,1-2H3,(H,28,30). The van der Waals surface area contributed by atoms with Gasteiger partial charge >= 0.3 is 6.18 Å². The van der Waals surface area contributed by atoms with Gasteiger partial charge in [-0.25, -0.2) is 9.50 Å². The number of nitrogens with zero attached hydrogens (tertiary/aromatic N) is 3. The van der Waals surface area contributed by atoms with Crippen molar-refractivity contribution in [3.63, 3.8) is 0 Å². The van der Waals surface area contributed by atoms with E-state index in [0.29, 0.717) is 15.8 Å². The Morgan fingerprint density at radius 2 is 1.67 bits per heavy atom. The molecular weight excluding hydrogens is 393 g/mol. The Bertz CT molecular complexity index is 1230. The molecule has 5 nitrogen and oxygen atoms in total. The number of hydrogen-bond acceptors (Lipinski definition) is 3. The molecule has 1 N–H and O–H groups in total. The van der Waals surface area contributed by atoms with E-state index in [1.165, 1.54) is 0 Å². The minimum Gasteiger partial charge on any atom is -0.321 e. The molecule has 0 aliphatic rings. The number of benzene rings is 2. The number of alkyl halides is 3. The van der Waals surface area contributed by atoms with Gasteiger partial charge in [-0.2, -0.15) is 18.3 Å². The summed E-state index contributed by atoms with van der Waals surface area (Å²) in [5.74, 6) is -0.576. The molecule has 0 unspecified atom stereocenters. The molecular formula is C22H17F3N4O. The predicted octanol–water partition coefficient (Wildman–Crippen LogP) is 5.28. The third-order valence-corrected chi connectivity index (χ3v) is 4.80. The zero-order chi connectivity index (χ0) is 21.5. The van der Waals surface area contributed by atoms with Crippen molar-refractivity contribution >= 4 is 17.2 Å². The van der Waals surface area contributed by atoms with Crippen molar-refractivity contribution in [2.45, 2.75) is 20.0 Å². The van der Waals surface area contributed by atoms with E-state index in [2.05, 4.69) is 15.4 Å². The Morgan fingerprint density at radius 3 is 2.30 bits per heavy atom. The van der Waals surface area contributed by atoms with Crippen molar-refractivity contribution in [2.75, 3.05) is 5.32 Å². The predicted molar refractivity (Wildman–Crippen MR) is 107 cm³/mol. The van der Waals surface area contributed by atoms with Crippen LogP contribution in [-0.2, 0) is 6.18 Å². The Hall–Kier alpha value is -3.68. The molecule has 4 aromatic rings. The molecule has 0 saturated heterocycles. The summed E-state index contributed by atoms with van der Waals surface area (Å²) in [7, 11) is 0. The third kappa shape index (κ3) is 3.52. The second-order valence-electron chi connectivity index (χ2n) is 6.90. The van der Waals surface area contributed by atoms with Gasteiger partial charge in [0, 0.05) is 11.3 Å². The van der Waals surface area contributed by atoms with Crippen LogP contribution in [0.4, 0.5) is 18.9 Å². The van der Waals surface area contributed by atoms with E-state index in [0.717, 1.165) is 23.4 Å². The number of carbonyl (C=O) groups excluding carboxylic acids is 1. The lowest BCUT2D eigenvalue weighted by molar-refractivity contribution is -0.142. The van der Waals surface area contributed by atoms with Crippen LogP contribution in [0.15, 0.2) is 60.8 Å². The molecule has 0 bridgehead atoms. The number of amides is 1. The summed E-state index contributed by atoms with van der Waals surface area (Å²) in [6.07, 6.45) is -3.56. The van der Waals surface area contributed by atoms with E-state index in [9.17, 15) is 18.0 Å². The van der Waals surface area contributed by atoms with E-state index in [1.54, 1.807) is 30.3 Å². The van der Waals surface area contributed by atoms with Crippen molar-refractivity contribution < 1.29 is 18.0 Å². The number of hydrogen-bond donors (Lipinski definition) is 1. The molecule has 0 spiro atoms. The van der Waals surface area contributed by atoms with Crippen LogP contribution in [0.2, 0.25) is 0 Å². The van der Waals surface area contributed by atoms with Crippen LogP contribution in [0.25, 0.3) is 16.9 Å². The quantitative estimate of drug-likeness (QED) is 0.500. The third-order valence-electron chi connectivity index (χ3n) is 4.80. The summed E-state index contributed by atoms with van der Waals surface area (Å²) >= 11 is 0. The van der Waals surface area contributed by atoms with E-state index >= 15 is 0 Å². The SMILES string of the molecule is Cc1cccc(C)c1NC(=O)c1cnn2c(C(F)(F)F)cc(-c3ccccc3)nc12. The van der Waals surface area contributed by atoms with Crippen LogP contribution in [0.1, 0.15) is 27.2 Å².